The van der Waals surface area contributed by atoms with E-state index >= 15 is 0 Å². The highest BCUT2D eigenvalue weighted by atomic mass is 16.6. The maximum atomic E-state index is 12.6. The number of esters is 3. The third-order valence-electron chi connectivity index (χ3n) is 8.79. The molecule has 0 aliphatic heterocycles. The number of unbranched alkanes of at least 4 members (excludes halogenated alkanes) is 18. The maximum absolute atomic E-state index is 12.6. The van der Waals surface area contributed by atoms with Crippen molar-refractivity contribution >= 4 is 17.9 Å². The molecule has 0 N–H and O–H groups in total. The predicted octanol–water partition coefficient (Wildman–Crippen LogP) is 13.4. The van der Waals surface area contributed by atoms with Gasteiger partial charge in [-0.2, -0.15) is 0 Å². The third kappa shape index (κ3) is 38.3. The number of carbonyl (C=O) groups is 3. The summed E-state index contributed by atoms with van der Waals surface area (Å²) in [7, 11) is 0. The van der Waals surface area contributed by atoms with Gasteiger partial charge in [-0.25, -0.2) is 0 Å². The molecule has 0 radical (unpaired) electrons. The Balaban J connectivity index is 4.40. The molecule has 0 saturated heterocycles. The summed E-state index contributed by atoms with van der Waals surface area (Å²) in [5.74, 6) is -0.964. The lowest BCUT2D eigenvalue weighted by molar-refractivity contribution is -0.167. The highest BCUT2D eigenvalue weighted by molar-refractivity contribution is 5.71. The Morgan fingerprint density at radius 3 is 1.35 bits per heavy atom. The maximum Gasteiger partial charge on any atom is 0.306 e. The van der Waals surface area contributed by atoms with Gasteiger partial charge in [-0.05, 0) is 77.0 Å². The van der Waals surface area contributed by atoms with Gasteiger partial charge in [0.25, 0.3) is 0 Å². The lowest BCUT2D eigenvalue weighted by Gasteiger charge is -2.18. The van der Waals surface area contributed by atoms with E-state index in [1.165, 1.54) is 64.2 Å². The first-order valence-electron chi connectivity index (χ1n) is 21.3. The first-order valence-corrected chi connectivity index (χ1v) is 21.3. The van der Waals surface area contributed by atoms with Gasteiger partial charge in [0.2, 0.25) is 0 Å². The second kappa shape index (κ2) is 40.9. The average molecular weight is 727 g/mol. The molecule has 298 valence electrons. The van der Waals surface area contributed by atoms with Crippen LogP contribution in [0.2, 0.25) is 0 Å². The Labute approximate surface area is 320 Å². The molecule has 0 amide bonds. The van der Waals surface area contributed by atoms with Crippen molar-refractivity contribution in [2.75, 3.05) is 13.2 Å². The minimum absolute atomic E-state index is 0.0946. The average Bonchev–Trinajstić information content (AvgIpc) is 3.14. The summed E-state index contributed by atoms with van der Waals surface area (Å²) in [6.07, 6.45) is 47.8. The van der Waals surface area contributed by atoms with Crippen LogP contribution in [0, 0.1) is 0 Å². The number of ether oxygens (including phenoxy) is 3. The summed E-state index contributed by atoms with van der Waals surface area (Å²) in [5.41, 5.74) is 0. The fourth-order valence-corrected chi connectivity index (χ4v) is 5.54. The number of rotatable bonds is 37. The van der Waals surface area contributed by atoms with Crippen LogP contribution in [0.4, 0.5) is 0 Å². The zero-order valence-corrected chi connectivity index (χ0v) is 33.8. The first-order chi connectivity index (χ1) is 25.5. The molecule has 0 heterocycles. The van der Waals surface area contributed by atoms with E-state index in [9.17, 15) is 14.4 Å². The zero-order valence-electron chi connectivity index (χ0n) is 33.8. The first kappa shape index (κ1) is 49.1. The van der Waals surface area contributed by atoms with Gasteiger partial charge in [-0.3, -0.25) is 14.4 Å². The molecular formula is C46H78O6. The Morgan fingerprint density at radius 1 is 0.404 bits per heavy atom. The molecule has 1 unspecified atom stereocenters. The van der Waals surface area contributed by atoms with Gasteiger partial charge in [0.05, 0.1) is 0 Å². The molecule has 0 fully saturated rings. The van der Waals surface area contributed by atoms with Gasteiger partial charge in [-0.1, -0.05) is 159 Å². The van der Waals surface area contributed by atoms with Gasteiger partial charge in [0.1, 0.15) is 13.2 Å². The number of allylic oxidation sites excluding steroid dienone is 10. The van der Waals surface area contributed by atoms with Crippen LogP contribution >= 0.6 is 0 Å². The highest BCUT2D eigenvalue weighted by Crippen LogP contribution is 2.12. The van der Waals surface area contributed by atoms with Crippen LogP contribution in [-0.4, -0.2) is 37.2 Å². The van der Waals surface area contributed by atoms with Gasteiger partial charge >= 0.3 is 17.9 Å². The molecule has 0 aliphatic carbocycles. The fourth-order valence-electron chi connectivity index (χ4n) is 5.54. The van der Waals surface area contributed by atoms with E-state index in [-0.39, 0.29) is 31.1 Å². The van der Waals surface area contributed by atoms with Crippen molar-refractivity contribution in [1.29, 1.82) is 0 Å². The van der Waals surface area contributed by atoms with Crippen molar-refractivity contribution in [2.45, 2.75) is 200 Å². The van der Waals surface area contributed by atoms with Crippen LogP contribution in [-0.2, 0) is 28.6 Å². The van der Waals surface area contributed by atoms with Crippen molar-refractivity contribution in [1.82, 2.24) is 0 Å². The van der Waals surface area contributed by atoms with Crippen molar-refractivity contribution in [3.8, 4) is 0 Å². The number of carbonyl (C=O) groups excluding carboxylic acids is 3. The molecule has 0 bridgehead atoms. The molecule has 0 aromatic heterocycles. The smallest absolute Gasteiger partial charge is 0.306 e. The van der Waals surface area contributed by atoms with E-state index in [0.717, 1.165) is 83.5 Å². The number of hydrogen-bond acceptors (Lipinski definition) is 6. The van der Waals surface area contributed by atoms with Gasteiger partial charge in [0, 0.05) is 19.3 Å². The summed E-state index contributed by atoms with van der Waals surface area (Å²) in [5, 5.41) is 0. The Morgan fingerprint density at radius 2 is 0.808 bits per heavy atom. The van der Waals surface area contributed by atoms with Crippen LogP contribution in [0.3, 0.4) is 0 Å². The molecule has 0 spiro atoms. The second-order valence-electron chi connectivity index (χ2n) is 13.9. The summed E-state index contributed by atoms with van der Waals surface area (Å²) in [6.45, 7) is 6.36. The van der Waals surface area contributed by atoms with E-state index in [1.807, 2.05) is 0 Å². The molecule has 6 nitrogen and oxygen atoms in total. The van der Waals surface area contributed by atoms with Crippen LogP contribution in [0.25, 0.3) is 0 Å². The summed E-state index contributed by atoms with van der Waals surface area (Å²) in [4.78, 5) is 37.5. The lowest BCUT2D eigenvalue weighted by atomic mass is 10.1. The number of hydrogen-bond donors (Lipinski definition) is 0. The van der Waals surface area contributed by atoms with Crippen LogP contribution in [0.1, 0.15) is 194 Å². The van der Waals surface area contributed by atoms with E-state index < -0.39 is 6.10 Å². The molecule has 0 aromatic carbocycles. The van der Waals surface area contributed by atoms with E-state index in [2.05, 4.69) is 81.5 Å². The molecule has 52 heavy (non-hydrogen) atoms. The Hall–Kier alpha value is -2.89. The topological polar surface area (TPSA) is 78.9 Å². The van der Waals surface area contributed by atoms with Crippen LogP contribution in [0.5, 0.6) is 0 Å². The summed E-state index contributed by atoms with van der Waals surface area (Å²) >= 11 is 0. The van der Waals surface area contributed by atoms with Crippen molar-refractivity contribution in [2.24, 2.45) is 0 Å². The molecule has 0 rings (SSSR count). The largest absolute Gasteiger partial charge is 0.462 e. The van der Waals surface area contributed by atoms with E-state index in [1.54, 1.807) is 0 Å². The molecule has 0 aromatic rings. The second-order valence-corrected chi connectivity index (χ2v) is 13.9. The predicted molar refractivity (Wildman–Crippen MR) is 219 cm³/mol. The van der Waals surface area contributed by atoms with Crippen LogP contribution in [0.15, 0.2) is 60.8 Å². The highest BCUT2D eigenvalue weighted by Gasteiger charge is 2.19. The van der Waals surface area contributed by atoms with Crippen molar-refractivity contribution in [3.05, 3.63) is 60.8 Å². The normalized spacial score (nSPS) is 12.6. The van der Waals surface area contributed by atoms with Gasteiger partial charge < -0.3 is 14.2 Å². The zero-order chi connectivity index (χ0) is 38.0. The standard InChI is InChI=1S/C46H78O6/c1-4-7-10-13-16-19-21-22-23-24-25-28-30-33-36-39-45(48)51-42-43(41-50-44(47)38-35-32-29-26-18-15-12-9-6-3)52-46(49)40-37-34-31-27-20-17-14-11-8-5-2/h7,10,13-14,16-17,19,21,26,29,43H,4-6,8-9,11-12,15,18,20,22-25,27-28,30-42H2,1-3H3/b10-7-,16-13-,17-14-,21-19-,29-26-. The van der Waals surface area contributed by atoms with Crippen molar-refractivity contribution < 1.29 is 28.6 Å². The van der Waals surface area contributed by atoms with E-state index in [4.69, 9.17) is 14.2 Å². The molecule has 0 saturated carbocycles. The molecule has 1 atom stereocenters. The van der Waals surface area contributed by atoms with Crippen molar-refractivity contribution in [3.63, 3.8) is 0 Å². The van der Waals surface area contributed by atoms with Gasteiger partial charge in [0.15, 0.2) is 6.10 Å². The third-order valence-corrected chi connectivity index (χ3v) is 8.79. The minimum Gasteiger partial charge on any atom is -0.462 e. The molecule has 0 aliphatic rings. The Kier molecular flexibility index (Phi) is 38.6. The minimum atomic E-state index is -0.791. The SMILES string of the molecule is CC\C=C/C=C\C=C/CCCCCCCCCC(=O)OCC(COC(=O)CCC/C=C\CCCCCC)OC(=O)CCCCCC/C=C\CCCC. The quantitative estimate of drug-likeness (QED) is 0.0208. The summed E-state index contributed by atoms with van der Waals surface area (Å²) in [6, 6.07) is 0. The fraction of sp³-hybridized carbons (Fsp3) is 0.717. The Bertz CT molecular complexity index is 975. The monoisotopic (exact) mass is 727 g/mol. The summed E-state index contributed by atoms with van der Waals surface area (Å²) < 4.78 is 16.6. The van der Waals surface area contributed by atoms with Crippen LogP contribution < -0.4 is 0 Å². The molecule has 6 heteroatoms. The van der Waals surface area contributed by atoms with Gasteiger partial charge in [-0.15, -0.1) is 0 Å². The van der Waals surface area contributed by atoms with E-state index in [0.29, 0.717) is 25.7 Å². The molecular weight excluding hydrogens is 648 g/mol. The lowest BCUT2D eigenvalue weighted by Crippen LogP contribution is -2.30.